The summed E-state index contributed by atoms with van der Waals surface area (Å²) in [7, 11) is -1.08. The van der Waals surface area contributed by atoms with E-state index in [0.29, 0.717) is 30.0 Å². The van der Waals surface area contributed by atoms with Crippen LogP contribution in [0, 0.1) is 13.8 Å². The Hall–Kier alpha value is -2.91. The lowest BCUT2D eigenvalue weighted by molar-refractivity contribution is -0.114. The van der Waals surface area contributed by atoms with Gasteiger partial charge in [-0.2, -0.15) is 12.7 Å². The Bertz CT molecular complexity index is 1110. The minimum Gasteiger partial charge on any atom is -0.339 e. The Balaban J connectivity index is 1.88. The minimum absolute atomic E-state index is 0.134. The van der Waals surface area contributed by atoms with Crippen LogP contribution in [0.15, 0.2) is 42.5 Å². The molecule has 172 valence electrons. The molecular formula is C23H30N4O4S. The van der Waals surface area contributed by atoms with Crippen LogP contribution in [-0.4, -0.2) is 63.2 Å². The van der Waals surface area contributed by atoms with E-state index in [1.807, 2.05) is 19.1 Å². The van der Waals surface area contributed by atoms with Crippen LogP contribution in [0.1, 0.15) is 34.3 Å². The van der Waals surface area contributed by atoms with E-state index >= 15 is 0 Å². The number of para-hydroxylation sites is 1. The van der Waals surface area contributed by atoms with Crippen LogP contribution in [0.25, 0.3) is 0 Å². The van der Waals surface area contributed by atoms with E-state index in [4.69, 9.17) is 0 Å². The van der Waals surface area contributed by atoms with Crippen molar-refractivity contribution in [1.29, 1.82) is 0 Å². The lowest BCUT2D eigenvalue weighted by atomic mass is 10.1. The van der Waals surface area contributed by atoms with Crippen molar-refractivity contribution < 1.29 is 18.0 Å². The molecule has 8 nitrogen and oxygen atoms in total. The molecule has 0 bridgehead atoms. The maximum Gasteiger partial charge on any atom is 0.304 e. The molecule has 2 amide bonds. The molecule has 0 aliphatic carbocycles. The van der Waals surface area contributed by atoms with Crippen molar-refractivity contribution in [2.24, 2.45) is 0 Å². The van der Waals surface area contributed by atoms with Crippen molar-refractivity contribution >= 4 is 33.4 Å². The third-order valence-electron chi connectivity index (χ3n) is 5.49. The quantitative estimate of drug-likeness (QED) is 0.691. The maximum absolute atomic E-state index is 13.0. The number of carbonyl (C=O) groups is 2. The van der Waals surface area contributed by atoms with Gasteiger partial charge in [-0.05, 0) is 56.0 Å². The number of carbonyl (C=O) groups excluding carboxylic acids is 2. The second kappa shape index (κ2) is 9.70. The van der Waals surface area contributed by atoms with Crippen LogP contribution in [0.3, 0.4) is 0 Å². The SMILES string of the molecule is Cc1ccc(C)c(N(CC(=O)Nc2ccccc2C(=O)N2CCCC2)S(=O)(=O)N(C)C)c1. The van der Waals surface area contributed by atoms with Crippen molar-refractivity contribution in [1.82, 2.24) is 9.21 Å². The fourth-order valence-electron chi connectivity index (χ4n) is 3.67. The van der Waals surface area contributed by atoms with E-state index in [0.717, 1.165) is 32.6 Å². The van der Waals surface area contributed by atoms with Gasteiger partial charge in [-0.15, -0.1) is 0 Å². The summed E-state index contributed by atoms with van der Waals surface area (Å²) < 4.78 is 28.3. The molecule has 1 saturated heterocycles. The molecule has 0 aromatic heterocycles. The van der Waals surface area contributed by atoms with E-state index in [2.05, 4.69) is 5.32 Å². The summed E-state index contributed by atoms with van der Waals surface area (Å²) in [4.78, 5) is 27.7. The zero-order valence-electron chi connectivity index (χ0n) is 19.0. The zero-order chi connectivity index (χ0) is 23.5. The van der Waals surface area contributed by atoms with Gasteiger partial charge < -0.3 is 10.2 Å². The van der Waals surface area contributed by atoms with Gasteiger partial charge in [-0.25, -0.2) is 4.31 Å². The molecule has 32 heavy (non-hydrogen) atoms. The topological polar surface area (TPSA) is 90.0 Å². The number of likely N-dealkylation sites (tertiary alicyclic amines) is 1. The normalized spacial score (nSPS) is 14.0. The monoisotopic (exact) mass is 458 g/mol. The number of nitrogens with one attached hydrogen (secondary N) is 1. The molecular weight excluding hydrogens is 428 g/mol. The van der Waals surface area contributed by atoms with E-state index in [1.165, 1.54) is 14.1 Å². The summed E-state index contributed by atoms with van der Waals surface area (Å²) in [6.45, 7) is 4.64. The van der Waals surface area contributed by atoms with E-state index in [9.17, 15) is 18.0 Å². The molecule has 1 N–H and O–H groups in total. The Morgan fingerprint density at radius 3 is 2.34 bits per heavy atom. The maximum atomic E-state index is 13.0. The Morgan fingerprint density at radius 2 is 1.69 bits per heavy atom. The van der Waals surface area contributed by atoms with Crippen molar-refractivity contribution in [3.8, 4) is 0 Å². The number of hydrogen-bond acceptors (Lipinski definition) is 4. The highest BCUT2D eigenvalue weighted by atomic mass is 32.2. The molecule has 0 unspecified atom stereocenters. The summed E-state index contributed by atoms with van der Waals surface area (Å²) in [5.41, 5.74) is 2.83. The summed E-state index contributed by atoms with van der Waals surface area (Å²) in [6.07, 6.45) is 1.93. The van der Waals surface area contributed by atoms with Crippen LogP contribution >= 0.6 is 0 Å². The van der Waals surface area contributed by atoms with E-state index in [1.54, 1.807) is 42.2 Å². The number of rotatable bonds is 7. The highest BCUT2D eigenvalue weighted by Gasteiger charge is 2.29. The smallest absolute Gasteiger partial charge is 0.304 e. The number of benzene rings is 2. The first-order chi connectivity index (χ1) is 15.1. The largest absolute Gasteiger partial charge is 0.339 e. The van der Waals surface area contributed by atoms with Crippen molar-refractivity contribution in [2.75, 3.05) is 43.4 Å². The van der Waals surface area contributed by atoms with Gasteiger partial charge >= 0.3 is 10.2 Å². The van der Waals surface area contributed by atoms with Crippen LogP contribution in [-0.2, 0) is 15.0 Å². The second-order valence-corrected chi connectivity index (χ2v) is 10.2. The first-order valence-electron chi connectivity index (χ1n) is 10.6. The molecule has 1 heterocycles. The van der Waals surface area contributed by atoms with Gasteiger partial charge in [0.25, 0.3) is 5.91 Å². The predicted molar refractivity (Wildman–Crippen MR) is 126 cm³/mol. The second-order valence-electron chi connectivity index (χ2n) is 8.18. The number of aryl methyl sites for hydroxylation is 2. The lowest BCUT2D eigenvalue weighted by Crippen LogP contribution is -2.44. The zero-order valence-corrected chi connectivity index (χ0v) is 19.8. The van der Waals surface area contributed by atoms with Gasteiger partial charge in [0.1, 0.15) is 6.54 Å². The minimum atomic E-state index is -3.93. The standard InChI is InChI=1S/C23H30N4O4S/c1-17-11-12-18(2)21(15-17)27(32(30,31)25(3)4)16-22(28)24-20-10-6-5-9-19(20)23(29)26-13-7-8-14-26/h5-6,9-12,15H,7-8,13-14,16H2,1-4H3,(H,24,28). The first-order valence-corrected chi connectivity index (χ1v) is 12.0. The molecule has 0 spiro atoms. The highest BCUT2D eigenvalue weighted by Crippen LogP contribution is 2.26. The molecule has 1 aliphatic rings. The number of amides is 2. The Kier molecular flexibility index (Phi) is 7.20. The van der Waals surface area contributed by atoms with Gasteiger partial charge in [-0.1, -0.05) is 24.3 Å². The summed E-state index contributed by atoms with van der Waals surface area (Å²) >= 11 is 0. The number of anilines is 2. The molecule has 1 fully saturated rings. The predicted octanol–water partition coefficient (Wildman–Crippen LogP) is 2.79. The molecule has 3 rings (SSSR count). The van der Waals surface area contributed by atoms with Crippen LogP contribution in [0.5, 0.6) is 0 Å². The molecule has 0 saturated carbocycles. The summed E-state index contributed by atoms with van der Waals surface area (Å²) in [5, 5.41) is 2.75. The van der Waals surface area contributed by atoms with Crippen molar-refractivity contribution in [2.45, 2.75) is 26.7 Å². The first kappa shape index (κ1) is 23.7. The van der Waals surface area contributed by atoms with E-state index in [-0.39, 0.29) is 5.91 Å². The molecule has 0 atom stereocenters. The van der Waals surface area contributed by atoms with Crippen LogP contribution in [0.4, 0.5) is 11.4 Å². The summed E-state index contributed by atoms with van der Waals surface area (Å²) in [5.74, 6) is -0.663. The lowest BCUT2D eigenvalue weighted by Gasteiger charge is -2.28. The third-order valence-corrected chi connectivity index (χ3v) is 7.29. The fraction of sp³-hybridized carbons (Fsp3) is 0.391. The van der Waals surface area contributed by atoms with E-state index < -0.39 is 22.7 Å². The molecule has 2 aromatic carbocycles. The van der Waals surface area contributed by atoms with Gasteiger partial charge in [-0.3, -0.25) is 9.59 Å². The molecule has 2 aromatic rings. The molecule has 0 radical (unpaired) electrons. The summed E-state index contributed by atoms with van der Waals surface area (Å²) in [6, 6.07) is 12.3. The third kappa shape index (κ3) is 5.11. The Morgan fingerprint density at radius 1 is 1.03 bits per heavy atom. The molecule has 1 aliphatic heterocycles. The van der Waals surface area contributed by atoms with Crippen molar-refractivity contribution in [3.05, 3.63) is 59.2 Å². The van der Waals surface area contributed by atoms with Crippen LogP contribution in [0.2, 0.25) is 0 Å². The average Bonchev–Trinajstić information content (AvgIpc) is 3.28. The van der Waals surface area contributed by atoms with Crippen molar-refractivity contribution in [3.63, 3.8) is 0 Å². The molecule has 9 heteroatoms. The van der Waals surface area contributed by atoms with Crippen LogP contribution < -0.4 is 9.62 Å². The van der Waals surface area contributed by atoms with Gasteiger partial charge in [0.15, 0.2) is 0 Å². The van der Waals surface area contributed by atoms with Gasteiger partial charge in [0.2, 0.25) is 5.91 Å². The number of hydrogen-bond donors (Lipinski definition) is 1. The number of nitrogens with zero attached hydrogens (tertiary/aromatic N) is 3. The van der Waals surface area contributed by atoms with Gasteiger partial charge in [0.05, 0.1) is 16.9 Å². The van der Waals surface area contributed by atoms with Gasteiger partial charge in [0, 0.05) is 27.2 Å². The Labute approximate surface area is 190 Å². The fourth-order valence-corrected chi connectivity index (χ4v) is 4.79. The highest BCUT2D eigenvalue weighted by molar-refractivity contribution is 7.90. The average molecular weight is 459 g/mol.